The molecule has 0 bridgehead atoms. The highest BCUT2D eigenvalue weighted by atomic mass is 16.5. The number of amides is 3. The molecule has 6 unspecified atom stereocenters. The molecule has 3 aliphatic heterocycles. The van der Waals surface area contributed by atoms with E-state index in [0.29, 0.717) is 68.8 Å². The predicted octanol–water partition coefficient (Wildman–Crippen LogP) is 16.3. The number of rotatable bonds is 21. The zero-order valence-corrected chi connectivity index (χ0v) is 53.5. The molecule has 0 aliphatic carbocycles. The van der Waals surface area contributed by atoms with Crippen molar-refractivity contribution in [1.29, 1.82) is 0 Å². The van der Waals surface area contributed by atoms with Crippen molar-refractivity contribution in [2.75, 3.05) is 36.0 Å². The normalized spacial score (nSPS) is 17.8. The van der Waals surface area contributed by atoms with Crippen molar-refractivity contribution in [3.8, 4) is 69.8 Å². The van der Waals surface area contributed by atoms with Gasteiger partial charge in [-0.2, -0.15) is 0 Å². The first-order chi connectivity index (χ1) is 48.6. The molecule has 3 saturated heterocycles. The van der Waals surface area contributed by atoms with E-state index < -0.39 is 36.4 Å². The zero-order chi connectivity index (χ0) is 67.1. The number of β-lactam (4-membered cyclic amide) rings is 3. The molecule has 1 aromatic heterocycles. The summed E-state index contributed by atoms with van der Waals surface area (Å²) < 4.78 is 55.3. The lowest BCUT2D eigenvalue weighted by Gasteiger charge is -2.46. The number of ether oxygens (including phenoxy) is 9. The minimum atomic E-state index is -0.853. The molecule has 18 heteroatoms. The van der Waals surface area contributed by atoms with Crippen molar-refractivity contribution in [3.05, 3.63) is 290 Å². The van der Waals surface area contributed by atoms with Gasteiger partial charge in [-0.05, 0) is 195 Å². The van der Waals surface area contributed by atoms with Gasteiger partial charge in [-0.3, -0.25) is 29.1 Å². The molecule has 18 nitrogen and oxygen atoms in total. The van der Waals surface area contributed by atoms with Gasteiger partial charge in [0.15, 0.2) is 0 Å². The average molecular weight is 1310 g/mol. The van der Waals surface area contributed by atoms with E-state index in [-0.39, 0.29) is 35.8 Å². The van der Waals surface area contributed by atoms with Crippen LogP contribution in [0, 0.1) is 0 Å². The van der Waals surface area contributed by atoms with E-state index in [4.69, 9.17) is 42.6 Å². The maximum atomic E-state index is 14.2. The summed E-state index contributed by atoms with van der Waals surface area (Å²) in [7, 11) is 4.78. The summed E-state index contributed by atoms with van der Waals surface area (Å²) in [5.41, 5.74) is 4.34. The topological polar surface area (TPSA) is 183 Å². The van der Waals surface area contributed by atoms with E-state index in [2.05, 4.69) is 15.0 Å². The van der Waals surface area contributed by atoms with Crippen LogP contribution in [0.1, 0.15) is 34.8 Å². The second kappa shape index (κ2) is 26.0. The summed E-state index contributed by atoms with van der Waals surface area (Å²) in [5.74, 6) is 4.07. The highest BCUT2D eigenvalue weighted by molar-refractivity contribution is 6.07. The van der Waals surface area contributed by atoms with Gasteiger partial charge in [0.1, 0.15) is 69.9 Å². The summed E-state index contributed by atoms with van der Waals surface area (Å²) in [6, 6.07) is 82.9. The fourth-order valence-electron chi connectivity index (χ4n) is 12.9. The Morgan fingerprint density at radius 2 is 0.495 bits per heavy atom. The van der Waals surface area contributed by atoms with Crippen LogP contribution in [0.2, 0.25) is 0 Å². The van der Waals surface area contributed by atoms with Crippen LogP contribution >= 0.6 is 0 Å². The maximum absolute atomic E-state index is 14.2. The number of carbonyl (C=O) groups is 3. The van der Waals surface area contributed by atoms with Crippen molar-refractivity contribution >= 4 is 67.1 Å². The number of methoxy groups -OCH3 is 3. The lowest BCUT2D eigenvalue weighted by molar-refractivity contribution is -0.135. The number of aromatic nitrogens is 3. The van der Waals surface area contributed by atoms with Crippen LogP contribution in [0.25, 0.3) is 32.3 Å². The second-order valence-corrected chi connectivity index (χ2v) is 23.9. The van der Waals surface area contributed by atoms with Crippen molar-refractivity contribution in [2.45, 2.75) is 36.4 Å². The largest absolute Gasteiger partial charge is 0.497 e. The Bertz CT molecular complexity index is 4660. The molecular formula is C81H60N6O12. The molecule has 0 N–H and O–H groups in total. The van der Waals surface area contributed by atoms with Crippen molar-refractivity contribution in [3.63, 3.8) is 0 Å². The number of hydrogen-bond donors (Lipinski definition) is 0. The Morgan fingerprint density at radius 1 is 0.263 bits per heavy atom. The third-order valence-corrected chi connectivity index (χ3v) is 18.0. The number of benzene rings is 12. The van der Waals surface area contributed by atoms with Gasteiger partial charge in [0.25, 0.3) is 17.7 Å². The van der Waals surface area contributed by atoms with E-state index in [9.17, 15) is 14.4 Å². The van der Waals surface area contributed by atoms with Crippen molar-refractivity contribution in [2.24, 2.45) is 0 Å². The lowest BCUT2D eigenvalue weighted by atomic mass is 9.89. The zero-order valence-electron chi connectivity index (χ0n) is 53.5. The van der Waals surface area contributed by atoms with Crippen LogP contribution in [0.4, 0.5) is 17.1 Å². The van der Waals surface area contributed by atoms with Gasteiger partial charge in [-0.15, -0.1) is 15.0 Å². The molecule has 0 radical (unpaired) electrons. The quantitative estimate of drug-likeness (QED) is 0.0619. The third-order valence-electron chi connectivity index (χ3n) is 18.0. The van der Waals surface area contributed by atoms with Gasteiger partial charge in [0.05, 0.1) is 21.3 Å². The second-order valence-electron chi connectivity index (χ2n) is 23.9. The van der Waals surface area contributed by atoms with Gasteiger partial charge in [-0.25, -0.2) is 0 Å². The van der Waals surface area contributed by atoms with E-state index in [1.165, 1.54) is 0 Å². The van der Waals surface area contributed by atoms with Crippen LogP contribution in [-0.4, -0.2) is 72.3 Å². The molecule has 13 aromatic rings. The molecule has 3 amide bonds. The van der Waals surface area contributed by atoms with Crippen molar-refractivity contribution in [1.82, 2.24) is 15.0 Å². The molecule has 99 heavy (non-hydrogen) atoms. The SMILES string of the molecule is COc1ccc(N2C(=O)C(Oc3ccc4ccccc4c3)C2c2ccc(Oc3nc(Oc4ccc(C5C(Oc6ccc7ccccc7c6)C(=O)N5c5ccc(OC)cc5)cc4)nc(Oc4ccc(C5C(Oc6ccc7ccccc7c6)C(=O)N5c5ccc(OC)cc5)cc4)n3)cc2)cc1. The molecule has 3 fully saturated rings. The molecule has 0 spiro atoms. The summed E-state index contributed by atoms with van der Waals surface area (Å²) in [6.45, 7) is 0. The third kappa shape index (κ3) is 12.0. The summed E-state index contributed by atoms with van der Waals surface area (Å²) in [4.78, 5) is 61.6. The van der Waals surface area contributed by atoms with Gasteiger partial charge in [0, 0.05) is 17.1 Å². The van der Waals surface area contributed by atoms with Crippen LogP contribution in [-0.2, 0) is 14.4 Å². The summed E-state index contributed by atoms with van der Waals surface area (Å²) in [5, 5.41) is 6.11. The van der Waals surface area contributed by atoms with Gasteiger partial charge in [-0.1, -0.05) is 127 Å². The summed E-state index contributed by atoms with van der Waals surface area (Å²) >= 11 is 0. The summed E-state index contributed by atoms with van der Waals surface area (Å²) in [6.07, 6.45) is -2.56. The minimum Gasteiger partial charge on any atom is -0.497 e. The molecule has 0 saturated carbocycles. The van der Waals surface area contributed by atoms with E-state index >= 15 is 0 Å². The molecule has 12 aromatic carbocycles. The Morgan fingerprint density at radius 3 is 0.747 bits per heavy atom. The first-order valence-corrected chi connectivity index (χ1v) is 32.1. The van der Waals surface area contributed by atoms with Gasteiger partial charge in [0.2, 0.25) is 18.3 Å². The van der Waals surface area contributed by atoms with Crippen LogP contribution in [0.15, 0.2) is 273 Å². The monoisotopic (exact) mass is 1310 g/mol. The lowest BCUT2D eigenvalue weighted by Crippen LogP contribution is -2.61. The maximum Gasteiger partial charge on any atom is 0.331 e. The predicted molar refractivity (Wildman–Crippen MR) is 374 cm³/mol. The Kier molecular flexibility index (Phi) is 16.0. The first-order valence-electron chi connectivity index (χ1n) is 32.1. The van der Waals surface area contributed by atoms with E-state index in [0.717, 1.165) is 49.0 Å². The molecule has 16 rings (SSSR count). The smallest absolute Gasteiger partial charge is 0.331 e. The van der Waals surface area contributed by atoms with Crippen LogP contribution < -0.4 is 57.3 Å². The molecule has 3 aliphatic rings. The average Bonchev–Trinajstić information content (AvgIpc) is 0.750. The standard InChI is InChI=1S/C81H60N6O12/c1-91-61-40-25-58(26-41-61)85-70(73(76(85)88)94-67-37-16-49-10-4-7-13-55(49)46-67)52-19-31-64(32-20-52)97-79-82-80(98-65-33-21-53(22-34-65)71-74(77(89)86(71)59-27-42-62(92-2)43-28-59)95-68-38-17-50-11-5-8-14-56(50)47-68)84-81(83-79)99-66-35-23-54(24-36-66)72-75(78(90)87(72)60-29-44-63(93-3)45-30-60)96-69-39-18-51-12-6-9-15-57(51)48-69/h4-48,70-75H,1-3H3. The fraction of sp³-hybridized carbons (Fsp3) is 0.111. The Balaban J connectivity index is 0.702. The fourth-order valence-corrected chi connectivity index (χ4v) is 12.9. The highest BCUT2D eigenvalue weighted by Crippen LogP contribution is 2.47. The molecular weight excluding hydrogens is 1250 g/mol. The van der Waals surface area contributed by atoms with E-state index in [1.807, 2.05) is 237 Å². The van der Waals surface area contributed by atoms with Crippen LogP contribution in [0.5, 0.6) is 69.8 Å². The van der Waals surface area contributed by atoms with Gasteiger partial charge < -0.3 is 42.6 Å². The molecule has 486 valence electrons. The van der Waals surface area contributed by atoms with Crippen LogP contribution in [0.3, 0.4) is 0 Å². The number of nitrogens with zero attached hydrogens (tertiary/aromatic N) is 6. The van der Waals surface area contributed by atoms with Crippen molar-refractivity contribution < 1.29 is 57.0 Å². The molecule has 6 atom stereocenters. The Hall–Kier alpha value is -13.0. The number of hydrogen-bond acceptors (Lipinski definition) is 15. The first kappa shape index (κ1) is 60.9. The van der Waals surface area contributed by atoms with Gasteiger partial charge >= 0.3 is 18.0 Å². The number of carbonyl (C=O) groups excluding carboxylic acids is 3. The molecule has 4 heterocycles. The Labute approximate surface area is 568 Å². The number of fused-ring (bicyclic) bond motifs is 3. The minimum absolute atomic E-state index is 0.166. The van der Waals surface area contributed by atoms with E-state index in [1.54, 1.807) is 72.4 Å². The number of anilines is 3. The highest BCUT2D eigenvalue weighted by Gasteiger charge is 2.53.